The Morgan fingerprint density at radius 3 is 2.58 bits per heavy atom. The molecule has 1 aromatic heterocycles. The molecule has 0 aliphatic heterocycles. The van der Waals surface area contributed by atoms with Gasteiger partial charge in [0.25, 0.3) is 0 Å². The largest absolute Gasteiger partial charge is 0.481 e. The van der Waals surface area contributed by atoms with Gasteiger partial charge in [-0.15, -0.1) is 11.8 Å². The zero-order chi connectivity index (χ0) is 19.1. The number of halogens is 2. The number of carboxylic acids is 1. The van der Waals surface area contributed by atoms with Crippen LogP contribution in [0.5, 0.6) is 0 Å². The fraction of sp³-hybridized carbons (Fsp3) is 0.400. The standard InChI is InChI=1S/C20H23F2NO2S/c1-3-10-26-18-8-5-7-17(23-18)14-11-15(21)20(16(22)12-14)13(2)6-4-9-19(24)25/h5,7-8,11-13H,3-4,6,9-10H2,1-2H3,(H,24,25). The average molecular weight is 379 g/mol. The molecule has 1 atom stereocenters. The van der Waals surface area contributed by atoms with Crippen molar-refractivity contribution in [3.63, 3.8) is 0 Å². The molecular formula is C20H23F2NO2S. The minimum atomic E-state index is -0.902. The van der Waals surface area contributed by atoms with Gasteiger partial charge in [-0.1, -0.05) is 19.9 Å². The zero-order valence-electron chi connectivity index (χ0n) is 15.0. The molecule has 6 heteroatoms. The van der Waals surface area contributed by atoms with Crippen molar-refractivity contribution in [1.29, 1.82) is 0 Å². The normalized spacial score (nSPS) is 12.2. The lowest BCUT2D eigenvalue weighted by Gasteiger charge is -2.15. The molecular weight excluding hydrogens is 356 g/mol. The molecule has 2 aromatic rings. The van der Waals surface area contributed by atoms with Crippen LogP contribution >= 0.6 is 11.8 Å². The Morgan fingerprint density at radius 2 is 1.96 bits per heavy atom. The quantitative estimate of drug-likeness (QED) is 0.552. The second-order valence-corrected chi connectivity index (χ2v) is 7.37. The van der Waals surface area contributed by atoms with E-state index in [9.17, 15) is 13.6 Å². The van der Waals surface area contributed by atoms with Crippen LogP contribution in [0, 0.1) is 11.6 Å². The topological polar surface area (TPSA) is 50.2 Å². The summed E-state index contributed by atoms with van der Waals surface area (Å²) in [6, 6.07) is 8.07. The summed E-state index contributed by atoms with van der Waals surface area (Å²) in [5, 5.41) is 9.52. The first kappa shape index (κ1) is 20.4. The van der Waals surface area contributed by atoms with Gasteiger partial charge in [-0.3, -0.25) is 4.79 Å². The Bertz CT molecular complexity index is 744. The van der Waals surface area contributed by atoms with Crippen molar-refractivity contribution < 1.29 is 18.7 Å². The van der Waals surface area contributed by atoms with Crippen LogP contribution in [0.1, 0.15) is 51.0 Å². The molecule has 26 heavy (non-hydrogen) atoms. The Hall–Kier alpha value is -1.95. The number of benzene rings is 1. The maximum atomic E-state index is 14.5. The van der Waals surface area contributed by atoms with Gasteiger partial charge in [0.1, 0.15) is 11.6 Å². The molecule has 0 bridgehead atoms. The number of carboxylic acid groups (broad SMARTS) is 1. The molecule has 0 radical (unpaired) electrons. The van der Waals surface area contributed by atoms with E-state index in [1.165, 1.54) is 12.1 Å². The van der Waals surface area contributed by atoms with Crippen molar-refractivity contribution in [3.05, 3.63) is 47.5 Å². The van der Waals surface area contributed by atoms with Crippen LogP contribution < -0.4 is 0 Å². The summed E-state index contributed by atoms with van der Waals surface area (Å²) in [6.45, 7) is 3.79. The van der Waals surface area contributed by atoms with E-state index >= 15 is 0 Å². The predicted molar refractivity (Wildman–Crippen MR) is 101 cm³/mol. The fourth-order valence-electron chi connectivity index (χ4n) is 2.77. The van der Waals surface area contributed by atoms with Gasteiger partial charge in [0, 0.05) is 17.5 Å². The van der Waals surface area contributed by atoms with E-state index in [0.29, 0.717) is 24.1 Å². The molecule has 0 aliphatic carbocycles. The molecule has 1 unspecified atom stereocenters. The maximum Gasteiger partial charge on any atom is 0.303 e. The summed E-state index contributed by atoms with van der Waals surface area (Å²) in [4.78, 5) is 15.1. The zero-order valence-corrected chi connectivity index (χ0v) is 15.8. The third-order valence-corrected chi connectivity index (χ3v) is 5.21. The lowest BCUT2D eigenvalue weighted by Crippen LogP contribution is -2.04. The average Bonchev–Trinajstić information content (AvgIpc) is 2.59. The van der Waals surface area contributed by atoms with Crippen LogP contribution in [0.4, 0.5) is 8.78 Å². The summed E-state index contributed by atoms with van der Waals surface area (Å²) >= 11 is 1.61. The summed E-state index contributed by atoms with van der Waals surface area (Å²) < 4.78 is 29.1. The van der Waals surface area contributed by atoms with Crippen molar-refractivity contribution in [1.82, 2.24) is 4.98 Å². The molecule has 1 heterocycles. The van der Waals surface area contributed by atoms with Crippen molar-refractivity contribution in [2.75, 3.05) is 5.75 Å². The second-order valence-electron chi connectivity index (χ2n) is 6.25. The number of hydrogen-bond donors (Lipinski definition) is 1. The van der Waals surface area contributed by atoms with Crippen molar-refractivity contribution >= 4 is 17.7 Å². The van der Waals surface area contributed by atoms with Crippen LogP contribution in [0.3, 0.4) is 0 Å². The molecule has 0 amide bonds. The summed E-state index contributed by atoms with van der Waals surface area (Å²) in [6.07, 6.45) is 1.82. The van der Waals surface area contributed by atoms with Gasteiger partial charge in [0.15, 0.2) is 0 Å². The lowest BCUT2D eigenvalue weighted by atomic mass is 9.93. The summed E-state index contributed by atoms with van der Waals surface area (Å²) in [7, 11) is 0. The molecule has 0 saturated carbocycles. The smallest absolute Gasteiger partial charge is 0.303 e. The van der Waals surface area contributed by atoms with Crippen molar-refractivity contribution in [2.24, 2.45) is 0 Å². The van der Waals surface area contributed by atoms with E-state index in [-0.39, 0.29) is 17.9 Å². The van der Waals surface area contributed by atoms with E-state index < -0.39 is 17.6 Å². The highest BCUT2D eigenvalue weighted by Gasteiger charge is 2.19. The first-order chi connectivity index (χ1) is 12.4. The summed E-state index contributed by atoms with van der Waals surface area (Å²) in [5.74, 6) is -1.58. The number of pyridine rings is 1. The number of thioether (sulfide) groups is 1. The highest BCUT2D eigenvalue weighted by Crippen LogP contribution is 2.31. The van der Waals surface area contributed by atoms with Gasteiger partial charge in [-0.2, -0.15) is 0 Å². The summed E-state index contributed by atoms with van der Waals surface area (Å²) in [5.41, 5.74) is 0.949. The monoisotopic (exact) mass is 379 g/mol. The Morgan fingerprint density at radius 1 is 1.27 bits per heavy atom. The Balaban J connectivity index is 2.22. The number of nitrogens with zero attached hydrogens (tertiary/aromatic N) is 1. The lowest BCUT2D eigenvalue weighted by molar-refractivity contribution is -0.137. The Kier molecular flexibility index (Phi) is 7.57. The van der Waals surface area contributed by atoms with Gasteiger partial charge < -0.3 is 5.11 Å². The maximum absolute atomic E-state index is 14.5. The SMILES string of the molecule is CCCSc1cccc(-c2cc(F)c(C(C)CCCC(=O)O)c(F)c2)n1. The fourth-order valence-corrected chi connectivity index (χ4v) is 3.52. The van der Waals surface area contributed by atoms with Crippen LogP contribution in [-0.2, 0) is 4.79 Å². The number of hydrogen-bond acceptors (Lipinski definition) is 3. The molecule has 0 fully saturated rings. The van der Waals surface area contributed by atoms with Gasteiger partial charge in [-0.25, -0.2) is 13.8 Å². The number of carbonyl (C=O) groups is 1. The van der Waals surface area contributed by atoms with E-state index in [0.717, 1.165) is 17.2 Å². The molecule has 0 spiro atoms. The molecule has 1 N–H and O–H groups in total. The van der Waals surface area contributed by atoms with Crippen LogP contribution in [-0.4, -0.2) is 21.8 Å². The molecule has 0 aliphatic rings. The van der Waals surface area contributed by atoms with Crippen LogP contribution in [0.25, 0.3) is 11.3 Å². The van der Waals surface area contributed by atoms with E-state index in [4.69, 9.17) is 5.11 Å². The van der Waals surface area contributed by atoms with Crippen LogP contribution in [0.15, 0.2) is 35.4 Å². The first-order valence-corrected chi connectivity index (χ1v) is 9.71. The Labute approximate surface area is 156 Å². The van der Waals surface area contributed by atoms with Crippen molar-refractivity contribution in [2.45, 2.75) is 50.5 Å². The van der Waals surface area contributed by atoms with Gasteiger partial charge in [0.2, 0.25) is 0 Å². The second kappa shape index (κ2) is 9.67. The van der Waals surface area contributed by atoms with Crippen LogP contribution in [0.2, 0.25) is 0 Å². The predicted octanol–water partition coefficient (Wildman–Crippen LogP) is 5.89. The minimum Gasteiger partial charge on any atom is -0.481 e. The molecule has 0 saturated heterocycles. The minimum absolute atomic E-state index is 0.00218. The van der Waals surface area contributed by atoms with E-state index in [1.54, 1.807) is 24.8 Å². The highest BCUT2D eigenvalue weighted by molar-refractivity contribution is 7.99. The molecule has 1 aromatic carbocycles. The highest BCUT2D eigenvalue weighted by atomic mass is 32.2. The molecule has 2 rings (SSSR count). The van der Waals surface area contributed by atoms with Gasteiger partial charge in [0.05, 0.1) is 10.7 Å². The number of rotatable bonds is 9. The van der Waals surface area contributed by atoms with Gasteiger partial charge >= 0.3 is 5.97 Å². The molecule has 3 nitrogen and oxygen atoms in total. The van der Waals surface area contributed by atoms with E-state index in [1.807, 2.05) is 12.1 Å². The van der Waals surface area contributed by atoms with Gasteiger partial charge in [-0.05, 0) is 55.2 Å². The van der Waals surface area contributed by atoms with Crippen molar-refractivity contribution in [3.8, 4) is 11.3 Å². The van der Waals surface area contributed by atoms with E-state index in [2.05, 4.69) is 11.9 Å². The third-order valence-electron chi connectivity index (χ3n) is 4.07. The molecule has 140 valence electrons. The first-order valence-electron chi connectivity index (χ1n) is 8.73. The number of aromatic nitrogens is 1. The third kappa shape index (κ3) is 5.53. The number of aliphatic carboxylic acids is 1.